The van der Waals surface area contributed by atoms with Crippen LogP contribution in [0.25, 0.3) is 0 Å². The van der Waals surface area contributed by atoms with Crippen molar-refractivity contribution in [3.05, 3.63) is 41.5 Å². The fourth-order valence-electron chi connectivity index (χ4n) is 1.59. The molecule has 1 aromatic heterocycles. The van der Waals surface area contributed by atoms with Crippen molar-refractivity contribution in [1.29, 1.82) is 0 Å². The molecule has 0 atom stereocenters. The predicted octanol–water partition coefficient (Wildman–Crippen LogP) is 3.25. The lowest BCUT2D eigenvalue weighted by Crippen LogP contribution is -2.10. The molecule has 4 heteroatoms. The number of ether oxygens (including phenoxy) is 1. The fraction of sp³-hybridized carbons (Fsp3) is 0.429. The van der Waals surface area contributed by atoms with E-state index in [2.05, 4.69) is 43.0 Å². The molecule has 0 bridgehead atoms. The van der Waals surface area contributed by atoms with Gasteiger partial charge in [-0.25, -0.2) is 0 Å². The van der Waals surface area contributed by atoms with Crippen LogP contribution < -0.4 is 4.74 Å². The van der Waals surface area contributed by atoms with Gasteiger partial charge in [0.2, 0.25) is 0 Å². The van der Waals surface area contributed by atoms with Crippen molar-refractivity contribution in [1.82, 2.24) is 10.1 Å². The molecule has 0 aliphatic carbocycles. The molecule has 2 rings (SSSR count). The molecule has 0 radical (unpaired) electrons. The zero-order chi connectivity index (χ0) is 13.2. The highest BCUT2D eigenvalue weighted by Gasteiger charge is 2.13. The first-order valence-corrected chi connectivity index (χ1v) is 5.98. The summed E-state index contributed by atoms with van der Waals surface area (Å²) < 4.78 is 10.6. The van der Waals surface area contributed by atoms with Gasteiger partial charge in [-0.05, 0) is 30.0 Å². The first-order valence-electron chi connectivity index (χ1n) is 5.98. The van der Waals surface area contributed by atoms with Gasteiger partial charge in [0.15, 0.2) is 12.4 Å². The molecule has 0 spiro atoms. The Labute approximate surface area is 107 Å². The second-order valence-electron chi connectivity index (χ2n) is 5.30. The normalized spacial score (nSPS) is 11.6. The van der Waals surface area contributed by atoms with Crippen molar-refractivity contribution in [3.63, 3.8) is 0 Å². The Morgan fingerprint density at radius 1 is 1.17 bits per heavy atom. The van der Waals surface area contributed by atoms with E-state index in [0.717, 1.165) is 5.75 Å². The van der Waals surface area contributed by atoms with Crippen molar-refractivity contribution in [3.8, 4) is 5.75 Å². The van der Waals surface area contributed by atoms with Crippen LogP contribution in [0.15, 0.2) is 28.8 Å². The standard InChI is InChI=1S/C14H18N2O2/c1-10-15-13(18-16-10)9-17-12-7-5-11(6-8-12)14(2,3)4/h5-8H,9H2,1-4H3. The van der Waals surface area contributed by atoms with E-state index in [9.17, 15) is 0 Å². The Morgan fingerprint density at radius 3 is 2.33 bits per heavy atom. The lowest BCUT2D eigenvalue weighted by atomic mass is 9.87. The first kappa shape index (κ1) is 12.6. The largest absolute Gasteiger partial charge is 0.484 e. The smallest absolute Gasteiger partial charge is 0.264 e. The summed E-state index contributed by atoms with van der Waals surface area (Å²) in [6, 6.07) is 8.08. The minimum atomic E-state index is 0.155. The predicted molar refractivity (Wildman–Crippen MR) is 68.5 cm³/mol. The van der Waals surface area contributed by atoms with E-state index in [1.165, 1.54) is 5.56 Å². The molecule has 0 amide bonds. The lowest BCUT2D eigenvalue weighted by molar-refractivity contribution is 0.242. The van der Waals surface area contributed by atoms with Crippen LogP contribution in [0.1, 0.15) is 38.0 Å². The van der Waals surface area contributed by atoms with Crippen molar-refractivity contribution >= 4 is 0 Å². The molecular formula is C14H18N2O2. The Bertz CT molecular complexity index is 509. The number of hydrogen-bond acceptors (Lipinski definition) is 4. The van der Waals surface area contributed by atoms with Crippen molar-refractivity contribution in [2.24, 2.45) is 0 Å². The van der Waals surface area contributed by atoms with Crippen LogP contribution in [0.4, 0.5) is 0 Å². The topological polar surface area (TPSA) is 48.2 Å². The quantitative estimate of drug-likeness (QED) is 0.834. The van der Waals surface area contributed by atoms with E-state index in [4.69, 9.17) is 9.26 Å². The number of hydrogen-bond donors (Lipinski definition) is 0. The van der Waals surface area contributed by atoms with Gasteiger partial charge in [0.1, 0.15) is 5.75 Å². The van der Waals surface area contributed by atoms with Gasteiger partial charge < -0.3 is 9.26 Å². The number of nitrogens with zero attached hydrogens (tertiary/aromatic N) is 2. The third kappa shape index (κ3) is 3.09. The zero-order valence-electron chi connectivity index (χ0n) is 11.2. The maximum atomic E-state index is 5.58. The molecule has 0 fully saturated rings. The van der Waals surface area contributed by atoms with Crippen LogP contribution in [-0.4, -0.2) is 10.1 Å². The van der Waals surface area contributed by atoms with Gasteiger partial charge in [0, 0.05) is 0 Å². The summed E-state index contributed by atoms with van der Waals surface area (Å²) in [6.07, 6.45) is 0. The van der Waals surface area contributed by atoms with Crippen LogP contribution >= 0.6 is 0 Å². The number of aryl methyl sites for hydroxylation is 1. The summed E-state index contributed by atoms with van der Waals surface area (Å²) in [6.45, 7) is 8.64. The Morgan fingerprint density at radius 2 is 1.83 bits per heavy atom. The van der Waals surface area contributed by atoms with E-state index < -0.39 is 0 Å². The van der Waals surface area contributed by atoms with Crippen LogP contribution in [0.3, 0.4) is 0 Å². The molecule has 0 saturated heterocycles. The average molecular weight is 246 g/mol. The molecule has 0 aliphatic rings. The Balaban J connectivity index is 1.98. The minimum Gasteiger partial charge on any atom is -0.484 e. The number of benzene rings is 1. The van der Waals surface area contributed by atoms with Gasteiger partial charge in [-0.1, -0.05) is 38.1 Å². The third-order valence-electron chi connectivity index (χ3n) is 2.65. The molecule has 2 aromatic rings. The highest BCUT2D eigenvalue weighted by molar-refractivity contribution is 5.31. The van der Waals surface area contributed by atoms with E-state index in [1.807, 2.05) is 12.1 Å². The van der Waals surface area contributed by atoms with Crippen LogP contribution in [0.5, 0.6) is 5.75 Å². The van der Waals surface area contributed by atoms with E-state index in [0.29, 0.717) is 18.3 Å². The molecule has 0 unspecified atom stereocenters. The minimum absolute atomic E-state index is 0.155. The van der Waals surface area contributed by atoms with Crippen LogP contribution in [-0.2, 0) is 12.0 Å². The van der Waals surface area contributed by atoms with Crippen molar-refractivity contribution < 1.29 is 9.26 Å². The monoisotopic (exact) mass is 246 g/mol. The highest BCUT2D eigenvalue weighted by atomic mass is 16.5. The number of aromatic nitrogens is 2. The fourth-order valence-corrected chi connectivity index (χ4v) is 1.59. The maximum absolute atomic E-state index is 5.58. The van der Waals surface area contributed by atoms with E-state index in [1.54, 1.807) is 6.92 Å². The molecule has 4 nitrogen and oxygen atoms in total. The van der Waals surface area contributed by atoms with E-state index in [-0.39, 0.29) is 5.41 Å². The molecule has 0 N–H and O–H groups in total. The van der Waals surface area contributed by atoms with Gasteiger partial charge in [-0.3, -0.25) is 0 Å². The van der Waals surface area contributed by atoms with Crippen molar-refractivity contribution in [2.75, 3.05) is 0 Å². The third-order valence-corrected chi connectivity index (χ3v) is 2.65. The summed E-state index contributed by atoms with van der Waals surface area (Å²) in [7, 11) is 0. The molecule has 0 saturated carbocycles. The van der Waals surface area contributed by atoms with Gasteiger partial charge in [-0.15, -0.1) is 0 Å². The molecule has 1 heterocycles. The molecule has 1 aromatic carbocycles. The van der Waals surface area contributed by atoms with Gasteiger partial charge in [-0.2, -0.15) is 4.98 Å². The summed E-state index contributed by atoms with van der Waals surface area (Å²) >= 11 is 0. The molecule has 96 valence electrons. The van der Waals surface area contributed by atoms with E-state index >= 15 is 0 Å². The second-order valence-corrected chi connectivity index (χ2v) is 5.30. The number of rotatable bonds is 3. The second kappa shape index (κ2) is 4.80. The SMILES string of the molecule is Cc1noc(COc2ccc(C(C)(C)C)cc2)n1. The first-order chi connectivity index (χ1) is 8.45. The average Bonchev–Trinajstić information content (AvgIpc) is 2.72. The van der Waals surface area contributed by atoms with Crippen LogP contribution in [0, 0.1) is 6.92 Å². The summed E-state index contributed by atoms with van der Waals surface area (Å²) in [4.78, 5) is 4.08. The molecule has 18 heavy (non-hydrogen) atoms. The van der Waals surface area contributed by atoms with Gasteiger partial charge in [0.25, 0.3) is 5.89 Å². The van der Waals surface area contributed by atoms with Gasteiger partial charge in [0.05, 0.1) is 0 Å². The molecule has 0 aliphatic heterocycles. The Hall–Kier alpha value is -1.84. The van der Waals surface area contributed by atoms with Crippen molar-refractivity contribution in [2.45, 2.75) is 39.7 Å². The Kier molecular flexibility index (Phi) is 3.36. The zero-order valence-corrected chi connectivity index (χ0v) is 11.2. The summed E-state index contributed by atoms with van der Waals surface area (Å²) in [5.74, 6) is 1.92. The van der Waals surface area contributed by atoms with Gasteiger partial charge >= 0.3 is 0 Å². The molecular weight excluding hydrogens is 228 g/mol. The highest BCUT2D eigenvalue weighted by Crippen LogP contribution is 2.24. The van der Waals surface area contributed by atoms with Crippen LogP contribution in [0.2, 0.25) is 0 Å². The maximum Gasteiger partial charge on any atom is 0.264 e. The summed E-state index contributed by atoms with van der Waals surface area (Å²) in [5, 5.41) is 3.71. The summed E-state index contributed by atoms with van der Waals surface area (Å²) in [5.41, 5.74) is 1.44. The lowest BCUT2D eigenvalue weighted by Gasteiger charge is -2.19.